The SMILES string of the molecule is CCCc1nnsc1C(=O)NC(CCO)C(C)C. The van der Waals surface area contributed by atoms with E-state index in [1.807, 2.05) is 20.8 Å². The average molecular weight is 271 g/mol. The molecule has 0 bridgehead atoms. The van der Waals surface area contributed by atoms with E-state index in [1.54, 1.807) is 0 Å². The van der Waals surface area contributed by atoms with Gasteiger partial charge in [-0.2, -0.15) is 0 Å². The fourth-order valence-electron chi connectivity index (χ4n) is 1.73. The zero-order chi connectivity index (χ0) is 13.5. The lowest BCUT2D eigenvalue weighted by atomic mass is 10.0. The molecule has 1 atom stereocenters. The minimum Gasteiger partial charge on any atom is -0.396 e. The van der Waals surface area contributed by atoms with Crippen LogP contribution >= 0.6 is 11.5 Å². The van der Waals surface area contributed by atoms with Gasteiger partial charge in [-0.3, -0.25) is 4.79 Å². The van der Waals surface area contributed by atoms with Crippen LogP contribution in [0.15, 0.2) is 0 Å². The summed E-state index contributed by atoms with van der Waals surface area (Å²) in [4.78, 5) is 12.7. The number of amides is 1. The zero-order valence-electron chi connectivity index (χ0n) is 11.1. The second-order valence-corrected chi connectivity index (χ2v) is 5.39. The van der Waals surface area contributed by atoms with Gasteiger partial charge in [-0.25, -0.2) is 0 Å². The average Bonchev–Trinajstić information content (AvgIpc) is 2.77. The van der Waals surface area contributed by atoms with Crippen LogP contribution in [0.25, 0.3) is 0 Å². The number of aliphatic hydroxyl groups is 1. The smallest absolute Gasteiger partial charge is 0.265 e. The molecular formula is C12H21N3O2S. The fourth-order valence-corrected chi connectivity index (χ4v) is 2.34. The van der Waals surface area contributed by atoms with Gasteiger partial charge in [0, 0.05) is 12.6 Å². The third-order valence-electron chi connectivity index (χ3n) is 2.81. The fraction of sp³-hybridized carbons (Fsp3) is 0.750. The van der Waals surface area contributed by atoms with E-state index in [0.29, 0.717) is 11.3 Å². The first-order valence-electron chi connectivity index (χ1n) is 6.33. The molecule has 0 saturated heterocycles. The summed E-state index contributed by atoms with van der Waals surface area (Å²) in [5.74, 6) is 0.164. The van der Waals surface area contributed by atoms with Crippen molar-refractivity contribution in [2.24, 2.45) is 5.92 Å². The molecule has 0 aliphatic heterocycles. The van der Waals surface area contributed by atoms with Gasteiger partial charge < -0.3 is 10.4 Å². The molecule has 2 N–H and O–H groups in total. The molecule has 0 radical (unpaired) electrons. The quantitative estimate of drug-likeness (QED) is 0.790. The normalized spacial score (nSPS) is 12.7. The minimum absolute atomic E-state index is 0.0147. The molecule has 1 aromatic heterocycles. The molecule has 5 nitrogen and oxygen atoms in total. The van der Waals surface area contributed by atoms with Gasteiger partial charge in [0.1, 0.15) is 4.88 Å². The molecular weight excluding hydrogens is 250 g/mol. The molecule has 1 aromatic rings. The Bertz CT molecular complexity index is 379. The largest absolute Gasteiger partial charge is 0.396 e. The van der Waals surface area contributed by atoms with Crippen LogP contribution in [0.4, 0.5) is 0 Å². The Kier molecular flexibility index (Phi) is 6.21. The van der Waals surface area contributed by atoms with Crippen LogP contribution < -0.4 is 5.32 Å². The highest BCUT2D eigenvalue weighted by molar-refractivity contribution is 7.08. The third kappa shape index (κ3) is 4.03. The monoisotopic (exact) mass is 271 g/mol. The lowest BCUT2D eigenvalue weighted by Crippen LogP contribution is -2.39. The number of nitrogens with one attached hydrogen (secondary N) is 1. The van der Waals surface area contributed by atoms with Crippen LogP contribution in [0.3, 0.4) is 0 Å². The molecule has 0 spiro atoms. The molecule has 102 valence electrons. The first-order valence-corrected chi connectivity index (χ1v) is 7.10. The van der Waals surface area contributed by atoms with E-state index in [0.717, 1.165) is 30.1 Å². The molecule has 6 heteroatoms. The highest BCUT2D eigenvalue weighted by Gasteiger charge is 2.20. The molecule has 1 unspecified atom stereocenters. The van der Waals surface area contributed by atoms with Crippen LogP contribution in [0.2, 0.25) is 0 Å². The molecule has 18 heavy (non-hydrogen) atoms. The van der Waals surface area contributed by atoms with Gasteiger partial charge in [0.2, 0.25) is 0 Å². The van der Waals surface area contributed by atoms with Crippen molar-refractivity contribution >= 4 is 17.4 Å². The van der Waals surface area contributed by atoms with E-state index in [-0.39, 0.29) is 24.5 Å². The lowest BCUT2D eigenvalue weighted by Gasteiger charge is -2.21. The van der Waals surface area contributed by atoms with Crippen molar-refractivity contribution in [1.82, 2.24) is 14.9 Å². The van der Waals surface area contributed by atoms with E-state index in [4.69, 9.17) is 5.11 Å². The third-order valence-corrected chi connectivity index (χ3v) is 3.58. The van der Waals surface area contributed by atoms with Crippen molar-refractivity contribution in [2.45, 2.75) is 46.1 Å². The van der Waals surface area contributed by atoms with Gasteiger partial charge in [-0.1, -0.05) is 31.7 Å². The molecule has 0 saturated carbocycles. The van der Waals surface area contributed by atoms with Crippen molar-refractivity contribution in [3.05, 3.63) is 10.6 Å². The second kappa shape index (κ2) is 7.43. The maximum Gasteiger partial charge on any atom is 0.265 e. The summed E-state index contributed by atoms with van der Waals surface area (Å²) in [6, 6.07) is -0.0147. The summed E-state index contributed by atoms with van der Waals surface area (Å²) in [5, 5.41) is 15.9. The molecule has 1 rings (SSSR count). The van der Waals surface area contributed by atoms with Crippen LogP contribution in [0.5, 0.6) is 0 Å². The number of rotatable bonds is 7. The summed E-state index contributed by atoms with van der Waals surface area (Å²) < 4.78 is 3.84. The molecule has 0 aliphatic carbocycles. The van der Waals surface area contributed by atoms with Crippen molar-refractivity contribution in [1.29, 1.82) is 0 Å². The van der Waals surface area contributed by atoms with Crippen LogP contribution in [0, 0.1) is 5.92 Å². The van der Waals surface area contributed by atoms with Crippen LogP contribution in [-0.2, 0) is 6.42 Å². The summed E-state index contributed by atoms with van der Waals surface area (Å²) in [6.45, 7) is 6.17. The number of carbonyl (C=O) groups excluding carboxylic acids is 1. The molecule has 1 heterocycles. The Labute approximate surface area is 112 Å². The van der Waals surface area contributed by atoms with Crippen LogP contribution in [0.1, 0.15) is 49.0 Å². The van der Waals surface area contributed by atoms with Crippen molar-refractivity contribution in [2.75, 3.05) is 6.61 Å². The predicted molar refractivity (Wildman–Crippen MR) is 71.7 cm³/mol. The summed E-state index contributed by atoms with van der Waals surface area (Å²) in [5.41, 5.74) is 0.770. The molecule has 0 fully saturated rings. The number of carbonyl (C=O) groups is 1. The van der Waals surface area contributed by atoms with Gasteiger partial charge in [0.25, 0.3) is 5.91 Å². The van der Waals surface area contributed by atoms with Gasteiger partial charge in [-0.05, 0) is 30.3 Å². The highest BCUT2D eigenvalue weighted by atomic mass is 32.1. The second-order valence-electron chi connectivity index (χ2n) is 4.64. The predicted octanol–water partition coefficient (Wildman–Crippen LogP) is 1.63. The van der Waals surface area contributed by atoms with Gasteiger partial charge in [-0.15, -0.1) is 5.10 Å². The van der Waals surface area contributed by atoms with Gasteiger partial charge in [0.05, 0.1) is 5.69 Å². The minimum atomic E-state index is -0.124. The summed E-state index contributed by atoms with van der Waals surface area (Å²) in [6.07, 6.45) is 2.28. The number of hydrogen-bond acceptors (Lipinski definition) is 5. The first kappa shape index (κ1) is 15.0. The number of nitrogens with zero attached hydrogens (tertiary/aromatic N) is 2. The standard InChI is InChI=1S/C12H21N3O2S/c1-4-5-10-11(18-15-14-10)12(17)13-9(6-7-16)8(2)3/h8-9,16H,4-7H2,1-3H3,(H,13,17). The van der Waals surface area contributed by atoms with Crippen LogP contribution in [-0.4, -0.2) is 33.2 Å². The Balaban J connectivity index is 2.71. The number of aliphatic hydroxyl groups excluding tert-OH is 1. The molecule has 0 aliphatic rings. The van der Waals surface area contributed by atoms with E-state index < -0.39 is 0 Å². The number of hydrogen-bond donors (Lipinski definition) is 2. The Morgan fingerprint density at radius 3 is 2.78 bits per heavy atom. The van der Waals surface area contributed by atoms with E-state index in [9.17, 15) is 4.79 Å². The Morgan fingerprint density at radius 2 is 2.22 bits per heavy atom. The van der Waals surface area contributed by atoms with Crippen molar-refractivity contribution in [3.8, 4) is 0 Å². The maximum absolute atomic E-state index is 12.1. The maximum atomic E-state index is 12.1. The number of aromatic nitrogens is 2. The highest BCUT2D eigenvalue weighted by Crippen LogP contribution is 2.14. The van der Waals surface area contributed by atoms with E-state index >= 15 is 0 Å². The first-order chi connectivity index (χ1) is 8.60. The van der Waals surface area contributed by atoms with E-state index in [1.165, 1.54) is 0 Å². The van der Waals surface area contributed by atoms with Gasteiger partial charge in [0.15, 0.2) is 0 Å². The zero-order valence-corrected chi connectivity index (χ0v) is 12.0. The van der Waals surface area contributed by atoms with Crippen molar-refractivity contribution in [3.63, 3.8) is 0 Å². The lowest BCUT2D eigenvalue weighted by molar-refractivity contribution is 0.0919. The van der Waals surface area contributed by atoms with E-state index in [2.05, 4.69) is 14.9 Å². The molecule has 0 aromatic carbocycles. The molecule has 1 amide bonds. The number of aryl methyl sites for hydroxylation is 1. The Hall–Kier alpha value is -1.01. The van der Waals surface area contributed by atoms with Gasteiger partial charge >= 0.3 is 0 Å². The summed E-state index contributed by atoms with van der Waals surface area (Å²) >= 11 is 1.13. The summed E-state index contributed by atoms with van der Waals surface area (Å²) in [7, 11) is 0. The Morgan fingerprint density at radius 1 is 1.50 bits per heavy atom. The van der Waals surface area contributed by atoms with Crippen molar-refractivity contribution < 1.29 is 9.90 Å². The topological polar surface area (TPSA) is 75.1 Å².